The van der Waals surface area contributed by atoms with E-state index in [1.807, 2.05) is 72.9 Å². The summed E-state index contributed by atoms with van der Waals surface area (Å²) in [7, 11) is 0. The van der Waals surface area contributed by atoms with Gasteiger partial charge in [-0.15, -0.1) is 0 Å². The Kier molecular flexibility index (Phi) is 8.22. The smallest absolute Gasteiger partial charge is 0.354 e. The second kappa shape index (κ2) is 13.1. The molecule has 4 aromatic carbocycles. The fourth-order valence-corrected chi connectivity index (χ4v) is 10.9. The van der Waals surface area contributed by atoms with Gasteiger partial charge in [0, 0.05) is 38.6 Å². The fraction of sp³-hybridized carbons (Fsp3) is 0.233. The zero-order valence-electron chi connectivity index (χ0n) is 27.7. The summed E-state index contributed by atoms with van der Waals surface area (Å²) in [4.78, 5) is 35.0. The molecule has 1 saturated heterocycles. The van der Waals surface area contributed by atoms with Gasteiger partial charge < -0.3 is 9.47 Å². The van der Waals surface area contributed by atoms with Gasteiger partial charge in [0.05, 0.1) is 11.0 Å². The first-order chi connectivity index (χ1) is 24.9. The highest BCUT2D eigenvalue weighted by molar-refractivity contribution is 14.2. The second-order valence-corrected chi connectivity index (χ2v) is 16.8. The van der Waals surface area contributed by atoms with Crippen LogP contribution in [0, 0.1) is 33.1 Å². The van der Waals surface area contributed by atoms with Gasteiger partial charge in [-0.1, -0.05) is 81.4 Å². The first kappa shape index (κ1) is 32.1. The molecule has 5 aliphatic rings. The standard InChI is InChI=1S/C28H24INO4.C15H10FN/c31-26-25(27(32)34-28(33-26)19-12-16-11-17(14-19)15-20(28)13-16)29-21-7-5-18(6-8-21)22-9-10-30-24-4-2-1-3-23(22)24;16-12-7-5-11(6-8-12)13-9-10-17-15-4-2-1-3-14(13)15/h1-10,16-17,19-20H,11-15H2;1-10H/i;16-1. The zero-order chi connectivity index (χ0) is 34.5. The van der Waals surface area contributed by atoms with E-state index in [0.29, 0.717) is 11.8 Å². The number of carbonyl (C=O) groups excluding carboxylic acids is 2. The first-order valence-electron chi connectivity index (χ1n) is 17.5. The number of aromatic nitrogens is 2. The molecule has 1 aliphatic heterocycles. The van der Waals surface area contributed by atoms with Crippen LogP contribution in [0.25, 0.3) is 44.1 Å². The van der Waals surface area contributed by atoms with Gasteiger partial charge in [-0.25, -0.2) is 14.0 Å². The lowest BCUT2D eigenvalue weighted by molar-refractivity contribution is -0.308. The van der Waals surface area contributed by atoms with Crippen LogP contribution in [-0.2, 0) is 19.1 Å². The molecular formula is C43H34FIN2O4. The molecule has 3 heterocycles. The molecular weight excluding hydrogens is 753 g/mol. The van der Waals surface area contributed by atoms with E-state index in [9.17, 15) is 14.0 Å². The number of pyridine rings is 2. The Balaban J connectivity index is 0.000000172. The Hall–Kier alpha value is -4.83. The van der Waals surface area contributed by atoms with E-state index < -0.39 is 38.5 Å². The number of nitrogens with zero attached hydrogens (tertiary/aromatic N) is 2. The Morgan fingerprint density at radius 2 is 1.06 bits per heavy atom. The summed E-state index contributed by atoms with van der Waals surface area (Å²) in [5.74, 6) is -0.342. The Morgan fingerprint density at radius 1 is 0.588 bits per heavy atom. The van der Waals surface area contributed by atoms with Crippen molar-refractivity contribution >= 4 is 58.0 Å². The summed E-state index contributed by atoms with van der Waals surface area (Å²) in [6.45, 7) is 0. The van der Waals surface area contributed by atoms with Crippen molar-refractivity contribution in [3.8, 4) is 22.3 Å². The number of fused-ring (bicyclic) bond motifs is 2. The number of hydrogen-bond donors (Lipinski definition) is 0. The summed E-state index contributed by atoms with van der Waals surface area (Å²) >= 11 is -0.993. The highest BCUT2D eigenvalue weighted by atomic mass is 127. The van der Waals surface area contributed by atoms with Crippen molar-refractivity contribution in [2.24, 2.45) is 23.7 Å². The summed E-state index contributed by atoms with van der Waals surface area (Å²) in [5, 5.41) is 2.18. The molecule has 0 N–H and O–H groups in total. The second-order valence-electron chi connectivity index (χ2n) is 14.0. The average molecular weight is 788 g/mol. The van der Waals surface area contributed by atoms with E-state index in [4.69, 9.17) is 9.47 Å². The van der Waals surface area contributed by atoms with Gasteiger partial charge in [0.25, 0.3) is 5.79 Å². The van der Waals surface area contributed by atoms with E-state index in [1.165, 1.54) is 18.6 Å². The number of rotatable bonds is 3. The molecule has 0 unspecified atom stereocenters. The van der Waals surface area contributed by atoms with E-state index >= 15 is 0 Å². The van der Waals surface area contributed by atoms with E-state index in [1.54, 1.807) is 18.3 Å². The molecule has 6 aromatic rings. The van der Waals surface area contributed by atoms with Gasteiger partial charge in [-0.05, 0) is 115 Å². The fourth-order valence-electron chi connectivity index (χ4n) is 8.86. The Morgan fingerprint density at radius 3 is 1.57 bits per heavy atom. The minimum absolute atomic E-state index is 0.172. The van der Waals surface area contributed by atoms with Gasteiger partial charge in [-0.2, -0.15) is 0 Å². The van der Waals surface area contributed by atoms with Crippen LogP contribution < -0.4 is 0 Å². The maximum Gasteiger partial charge on any atom is 0.354 e. The number of benzene rings is 4. The van der Waals surface area contributed by atoms with Crippen molar-refractivity contribution in [1.82, 2.24) is 9.97 Å². The highest BCUT2D eigenvalue weighted by Crippen LogP contribution is 2.60. The SMILES string of the molecule is O=C1OC2(OC(=O)C1=Ic1ccc(-c3ccnc4ccccc34)cc1)C1CC3CC(C1)CC2C3.[18F]c1ccc(-c2ccnc3ccccc23)cc1. The topological polar surface area (TPSA) is 78.4 Å². The predicted molar refractivity (Wildman–Crippen MR) is 204 cm³/mol. The molecule has 0 radical (unpaired) electrons. The Bertz CT molecular complexity index is 2280. The average Bonchev–Trinajstić information content (AvgIpc) is 3.15. The van der Waals surface area contributed by atoms with Crippen molar-refractivity contribution in [2.75, 3.05) is 0 Å². The van der Waals surface area contributed by atoms with Gasteiger partial charge in [0.1, 0.15) is 5.82 Å². The third-order valence-corrected chi connectivity index (χ3v) is 13.7. The molecule has 0 amide bonds. The molecule has 51 heavy (non-hydrogen) atoms. The van der Waals surface area contributed by atoms with E-state index in [0.717, 1.165) is 73.3 Å². The molecule has 4 bridgehead atoms. The number of para-hydroxylation sites is 2. The molecule has 5 fully saturated rings. The number of esters is 2. The molecule has 254 valence electrons. The predicted octanol–water partition coefficient (Wildman–Crippen LogP) is 9.51. The van der Waals surface area contributed by atoms with Gasteiger partial charge in [0.2, 0.25) is 0 Å². The van der Waals surface area contributed by atoms with Crippen molar-refractivity contribution in [1.29, 1.82) is 0 Å². The van der Waals surface area contributed by atoms with Crippen LogP contribution in [0.1, 0.15) is 32.1 Å². The quantitative estimate of drug-likeness (QED) is 0.131. The monoisotopic (exact) mass is 787 g/mol. The zero-order valence-corrected chi connectivity index (χ0v) is 29.8. The maximum absolute atomic E-state index is 13.1. The van der Waals surface area contributed by atoms with Gasteiger partial charge >= 0.3 is 11.9 Å². The van der Waals surface area contributed by atoms with Crippen LogP contribution in [-0.4, -0.2) is 31.2 Å². The number of ether oxygens (including phenoxy) is 2. The molecule has 2 aromatic heterocycles. The number of halogens is 2. The van der Waals surface area contributed by atoms with Crippen molar-refractivity contribution in [3.05, 3.63) is 131 Å². The lowest BCUT2D eigenvalue weighted by Gasteiger charge is -2.59. The van der Waals surface area contributed by atoms with Crippen LogP contribution in [0.2, 0.25) is 0 Å². The largest absolute Gasteiger partial charge is 0.418 e. The maximum atomic E-state index is 13.1. The minimum Gasteiger partial charge on any atom is -0.418 e. The normalized spacial score (nSPS) is 24.7. The van der Waals surface area contributed by atoms with Crippen LogP contribution in [0.5, 0.6) is 0 Å². The minimum atomic E-state index is -0.999. The molecule has 11 rings (SSSR count). The van der Waals surface area contributed by atoms with Crippen LogP contribution in [0.15, 0.2) is 122 Å². The van der Waals surface area contributed by atoms with Crippen LogP contribution in [0.3, 0.4) is 0 Å². The number of carbonyl (C=O) groups is 2. The lowest BCUT2D eigenvalue weighted by Crippen LogP contribution is -2.65. The summed E-state index contributed by atoms with van der Waals surface area (Å²) < 4.78 is 26.2. The Labute approximate surface area is 304 Å². The third kappa shape index (κ3) is 5.93. The van der Waals surface area contributed by atoms with Crippen molar-refractivity contribution in [2.45, 2.75) is 37.9 Å². The molecule has 8 heteroatoms. The lowest BCUT2D eigenvalue weighted by atomic mass is 9.53. The first-order valence-corrected chi connectivity index (χ1v) is 19.6. The van der Waals surface area contributed by atoms with Gasteiger partial charge in [-0.3, -0.25) is 9.97 Å². The summed E-state index contributed by atoms with van der Waals surface area (Å²) in [5.41, 5.74) is 6.19. The number of hydrogen-bond acceptors (Lipinski definition) is 6. The molecule has 4 saturated carbocycles. The van der Waals surface area contributed by atoms with E-state index in [-0.39, 0.29) is 21.2 Å². The molecule has 0 atom stereocenters. The summed E-state index contributed by atoms with van der Waals surface area (Å²) in [6, 6.07) is 34.7. The summed E-state index contributed by atoms with van der Waals surface area (Å²) in [6.07, 6.45) is 8.96. The molecule has 1 spiro atoms. The van der Waals surface area contributed by atoms with Crippen molar-refractivity contribution < 1.29 is 23.5 Å². The van der Waals surface area contributed by atoms with E-state index in [2.05, 4.69) is 28.2 Å². The molecule has 4 aliphatic carbocycles. The highest BCUT2D eigenvalue weighted by Gasteiger charge is 2.64. The molecule has 6 nitrogen and oxygen atoms in total. The van der Waals surface area contributed by atoms with Crippen molar-refractivity contribution in [3.63, 3.8) is 0 Å². The van der Waals surface area contributed by atoms with Crippen LogP contribution in [0.4, 0.5) is 4.39 Å². The third-order valence-electron chi connectivity index (χ3n) is 11.0. The van der Waals surface area contributed by atoms with Crippen LogP contribution >= 0.6 is 20.7 Å². The van der Waals surface area contributed by atoms with Gasteiger partial charge in [0.15, 0.2) is 3.51 Å².